The van der Waals surface area contributed by atoms with Gasteiger partial charge in [0.25, 0.3) is 0 Å². The molecule has 1 N–H and O–H groups in total. The molecule has 1 atom stereocenters. The molecule has 2 saturated carbocycles. The fraction of sp³-hybridized carbons (Fsp3) is 0.414. The van der Waals surface area contributed by atoms with Gasteiger partial charge in [-0.2, -0.15) is 4.98 Å². The summed E-state index contributed by atoms with van der Waals surface area (Å²) in [6.07, 6.45) is 8.37. The summed E-state index contributed by atoms with van der Waals surface area (Å²) in [6, 6.07) is 4.04. The molecule has 1 saturated heterocycles. The number of pyridine rings is 1. The maximum absolute atomic E-state index is 15.2. The number of piperidine rings is 1. The smallest absolute Gasteiger partial charge is 0.355 e. The summed E-state index contributed by atoms with van der Waals surface area (Å²) < 4.78 is 23.1. The van der Waals surface area contributed by atoms with Crippen molar-refractivity contribution < 1.29 is 14.2 Å². The average Bonchev–Trinajstić information content (AvgIpc) is 3.85. The van der Waals surface area contributed by atoms with Gasteiger partial charge in [-0.05, 0) is 57.1 Å². The van der Waals surface area contributed by atoms with Gasteiger partial charge in [0.05, 0.1) is 28.7 Å². The highest BCUT2D eigenvalue weighted by molar-refractivity contribution is 6.36. The molecule has 0 amide bonds. The van der Waals surface area contributed by atoms with E-state index in [1.54, 1.807) is 6.33 Å². The topological polar surface area (TPSA) is 106 Å². The van der Waals surface area contributed by atoms with Gasteiger partial charge in [0, 0.05) is 18.4 Å². The van der Waals surface area contributed by atoms with Crippen molar-refractivity contribution in [2.75, 3.05) is 18.1 Å². The van der Waals surface area contributed by atoms with Crippen LogP contribution in [-0.4, -0.2) is 48.8 Å². The number of phenolic OH excluding ortho intramolecular Hbond substituents is 1. The zero-order valence-corrected chi connectivity index (χ0v) is 22.4. The maximum atomic E-state index is 15.2. The van der Waals surface area contributed by atoms with E-state index in [4.69, 9.17) is 21.3 Å². The lowest BCUT2D eigenvalue weighted by molar-refractivity contribution is 0.267. The van der Waals surface area contributed by atoms with E-state index in [0.29, 0.717) is 23.5 Å². The first-order valence-corrected chi connectivity index (χ1v) is 14.3. The number of benzene rings is 1. The number of aromatic nitrogens is 5. The summed E-state index contributed by atoms with van der Waals surface area (Å²) in [4.78, 5) is 35.0. The monoisotopic (exact) mass is 560 g/mol. The van der Waals surface area contributed by atoms with Gasteiger partial charge in [0.1, 0.15) is 46.4 Å². The molecule has 2 aliphatic carbocycles. The minimum absolute atomic E-state index is 0.00253. The molecule has 11 heteroatoms. The van der Waals surface area contributed by atoms with Crippen LogP contribution in [0.25, 0.3) is 28.0 Å². The number of ether oxygens (including phenoxy) is 1. The molecule has 3 fully saturated rings. The Bertz CT molecular complexity index is 1720. The van der Waals surface area contributed by atoms with Crippen molar-refractivity contribution in [2.45, 2.75) is 62.8 Å². The summed E-state index contributed by atoms with van der Waals surface area (Å²) in [5.74, 6) is 0.207. The number of nitrogens with zero attached hydrogens (tertiary/aromatic N) is 6. The lowest BCUT2D eigenvalue weighted by atomic mass is 10.0. The van der Waals surface area contributed by atoms with Crippen molar-refractivity contribution in [1.29, 1.82) is 0 Å². The minimum Gasteiger partial charge on any atom is -0.507 e. The Morgan fingerprint density at radius 2 is 1.77 bits per heavy atom. The zero-order chi connectivity index (χ0) is 27.1. The third-order valence-electron chi connectivity index (χ3n) is 8.48. The Balaban J connectivity index is 1.52. The van der Waals surface area contributed by atoms with Gasteiger partial charge in [-0.25, -0.2) is 28.7 Å². The van der Waals surface area contributed by atoms with Gasteiger partial charge in [-0.3, -0.25) is 0 Å². The summed E-state index contributed by atoms with van der Waals surface area (Å²) in [7, 11) is 0. The molecule has 4 aromatic rings. The van der Waals surface area contributed by atoms with Crippen LogP contribution < -0.4 is 15.3 Å². The molecule has 0 unspecified atom stereocenters. The van der Waals surface area contributed by atoms with Crippen molar-refractivity contribution in [3.63, 3.8) is 0 Å². The Kier molecular flexibility index (Phi) is 5.32. The van der Waals surface area contributed by atoms with Crippen LogP contribution in [0.2, 0.25) is 5.02 Å². The minimum atomic E-state index is -0.685. The number of anilines is 1. The first kappa shape index (κ1) is 24.0. The highest BCUT2D eigenvalue weighted by Gasteiger charge is 2.39. The van der Waals surface area contributed by atoms with Gasteiger partial charge in [-0.15, -0.1) is 0 Å². The molecule has 8 rings (SSSR count). The lowest BCUT2D eigenvalue weighted by Crippen LogP contribution is -2.43. The number of halogens is 2. The van der Waals surface area contributed by atoms with E-state index in [1.165, 1.54) is 22.8 Å². The second-order valence-corrected chi connectivity index (χ2v) is 11.6. The molecule has 40 heavy (non-hydrogen) atoms. The van der Waals surface area contributed by atoms with Crippen molar-refractivity contribution in [3.05, 3.63) is 57.2 Å². The number of rotatable bonds is 4. The van der Waals surface area contributed by atoms with E-state index in [0.717, 1.165) is 62.9 Å². The van der Waals surface area contributed by atoms with Crippen LogP contribution in [0.1, 0.15) is 68.2 Å². The molecule has 3 aromatic heterocycles. The van der Waals surface area contributed by atoms with E-state index in [9.17, 15) is 9.90 Å². The number of hydrogen-bond donors (Lipinski definition) is 1. The van der Waals surface area contributed by atoms with E-state index < -0.39 is 11.5 Å². The third kappa shape index (κ3) is 3.61. The van der Waals surface area contributed by atoms with Gasteiger partial charge in [0.15, 0.2) is 11.4 Å². The van der Waals surface area contributed by atoms with Gasteiger partial charge in [-0.1, -0.05) is 17.7 Å². The summed E-state index contributed by atoms with van der Waals surface area (Å²) in [5, 5.41) is 11.3. The third-order valence-corrected chi connectivity index (χ3v) is 8.83. The van der Waals surface area contributed by atoms with Crippen molar-refractivity contribution in [3.8, 4) is 28.4 Å². The summed E-state index contributed by atoms with van der Waals surface area (Å²) >= 11 is 6.94. The van der Waals surface area contributed by atoms with Crippen LogP contribution >= 0.6 is 11.6 Å². The van der Waals surface area contributed by atoms with Crippen LogP contribution in [0.3, 0.4) is 0 Å². The Hall–Kier alpha value is -3.79. The summed E-state index contributed by atoms with van der Waals surface area (Å²) in [6.45, 7) is 1.06. The van der Waals surface area contributed by atoms with E-state index in [1.807, 2.05) is 0 Å². The van der Waals surface area contributed by atoms with Gasteiger partial charge in [0.2, 0.25) is 0 Å². The highest BCUT2D eigenvalue weighted by Crippen LogP contribution is 2.50. The normalized spacial score (nSPS) is 20.2. The number of hydrogen-bond acceptors (Lipinski definition) is 8. The van der Waals surface area contributed by atoms with Crippen molar-refractivity contribution in [1.82, 2.24) is 24.5 Å². The first-order valence-electron chi connectivity index (χ1n) is 13.9. The fourth-order valence-corrected chi connectivity index (χ4v) is 6.50. The SMILES string of the molecule is O=c1nc2c3c(c(Cl)c(-c4c(O)cccc4F)nc3n1-c1c(C3CC3)ncnc1C1CC1)OC[C@H]1CCCCN21. The molecular formula is C29H26ClFN6O3. The predicted octanol–water partition coefficient (Wildman–Crippen LogP) is 5.24. The van der Waals surface area contributed by atoms with Crippen LogP contribution in [-0.2, 0) is 0 Å². The Morgan fingerprint density at radius 1 is 1.02 bits per heavy atom. The number of aromatic hydroxyl groups is 1. The largest absolute Gasteiger partial charge is 0.507 e. The van der Waals surface area contributed by atoms with Crippen LogP contribution in [0.5, 0.6) is 11.5 Å². The maximum Gasteiger partial charge on any atom is 0.355 e. The Labute approximate surface area is 233 Å². The highest BCUT2D eigenvalue weighted by atomic mass is 35.5. The second kappa shape index (κ2) is 8.86. The lowest BCUT2D eigenvalue weighted by Gasteiger charge is -2.34. The van der Waals surface area contributed by atoms with E-state index in [2.05, 4.69) is 19.9 Å². The second-order valence-electron chi connectivity index (χ2n) is 11.2. The molecule has 5 heterocycles. The molecule has 2 aliphatic heterocycles. The number of fused-ring (bicyclic) bond motifs is 2. The van der Waals surface area contributed by atoms with Crippen LogP contribution in [0, 0.1) is 5.82 Å². The quantitative estimate of drug-likeness (QED) is 0.361. The molecule has 0 radical (unpaired) electrons. The first-order chi connectivity index (χ1) is 19.5. The Morgan fingerprint density at radius 3 is 2.48 bits per heavy atom. The fourth-order valence-electron chi connectivity index (χ4n) is 6.22. The molecule has 204 valence electrons. The van der Waals surface area contributed by atoms with Crippen molar-refractivity contribution in [2.24, 2.45) is 0 Å². The molecule has 4 aliphatic rings. The zero-order valence-electron chi connectivity index (χ0n) is 21.6. The van der Waals surface area contributed by atoms with Crippen LogP contribution in [0.4, 0.5) is 10.2 Å². The van der Waals surface area contributed by atoms with E-state index >= 15 is 4.39 Å². The molecule has 1 aromatic carbocycles. The summed E-state index contributed by atoms with van der Waals surface area (Å²) in [5.41, 5.74) is 1.81. The molecular weight excluding hydrogens is 535 g/mol. The predicted molar refractivity (Wildman–Crippen MR) is 147 cm³/mol. The van der Waals surface area contributed by atoms with Gasteiger partial charge < -0.3 is 14.7 Å². The van der Waals surface area contributed by atoms with E-state index in [-0.39, 0.29) is 51.3 Å². The average molecular weight is 561 g/mol. The van der Waals surface area contributed by atoms with Gasteiger partial charge >= 0.3 is 5.69 Å². The molecule has 0 bridgehead atoms. The standard InChI is InChI=1S/C29H26ClFN6O3/c30-21-24(19-17(31)5-3-6-18(19)38)34-28-20-26(21)40-12-16-4-1-2-11-36(16)27(20)35-29(39)37(28)25-22(14-7-8-14)32-13-33-23(25)15-9-10-15/h3,5-6,13-16,38H,1-2,4,7-12H2/t16-/m1/s1. The number of phenols is 1. The molecule has 9 nitrogen and oxygen atoms in total. The van der Waals surface area contributed by atoms with Crippen LogP contribution in [0.15, 0.2) is 29.3 Å². The molecule has 0 spiro atoms. The van der Waals surface area contributed by atoms with Crippen molar-refractivity contribution >= 4 is 28.5 Å².